The van der Waals surface area contributed by atoms with Crippen LogP contribution in [0.25, 0.3) is 6.08 Å². The molecule has 8 aliphatic rings. The molecule has 1 nitrogen and oxygen atoms in total. The Morgan fingerprint density at radius 2 is 1.68 bits per heavy atom. The molecule has 1 heteroatoms. The first-order chi connectivity index (χ1) is 30.9. The SMILES string of the molecule is CCCC/C=C\C(C)C1=CC[C@@H](/C2=C/C=C(\C)C(C)C3CCCCC3C(C3=CC(C4=CCCC=C4)=CC(C4C=CC=CC4)C3)CN(c3ccc4c(c3)C=CCC4)C2)C2=C1C=CCC2. The molecule has 0 aromatic heterocycles. The van der Waals surface area contributed by atoms with Crippen LogP contribution in [0.15, 0.2) is 166 Å². The maximum atomic E-state index is 2.90. The van der Waals surface area contributed by atoms with Gasteiger partial charge in [0, 0.05) is 30.6 Å². The number of benzene rings is 1. The fourth-order valence-electron chi connectivity index (χ4n) is 12.9. The van der Waals surface area contributed by atoms with Crippen molar-refractivity contribution in [1.29, 1.82) is 0 Å². The van der Waals surface area contributed by atoms with E-state index >= 15 is 0 Å². The highest BCUT2D eigenvalue weighted by Crippen LogP contribution is 2.49. The van der Waals surface area contributed by atoms with E-state index in [-0.39, 0.29) is 0 Å². The average Bonchev–Trinajstić information content (AvgIpc) is 3.36. The van der Waals surface area contributed by atoms with E-state index in [4.69, 9.17) is 0 Å². The van der Waals surface area contributed by atoms with Gasteiger partial charge in [-0.2, -0.15) is 0 Å². The van der Waals surface area contributed by atoms with Crippen molar-refractivity contribution < 1.29 is 0 Å². The number of hydrogen-bond donors (Lipinski definition) is 0. The second-order valence-electron chi connectivity index (χ2n) is 20.6. The molecule has 8 atom stereocenters. The molecule has 1 aliphatic heterocycles. The summed E-state index contributed by atoms with van der Waals surface area (Å²) in [7, 11) is 0. The second kappa shape index (κ2) is 20.6. The van der Waals surface area contributed by atoms with Crippen molar-refractivity contribution >= 4 is 11.8 Å². The van der Waals surface area contributed by atoms with Crippen LogP contribution < -0.4 is 4.90 Å². The van der Waals surface area contributed by atoms with Gasteiger partial charge in [-0.1, -0.05) is 179 Å². The summed E-state index contributed by atoms with van der Waals surface area (Å²) in [4.78, 5) is 2.90. The molecular formula is C62H77N. The molecule has 0 spiro atoms. The molecular weight excluding hydrogens is 759 g/mol. The summed E-state index contributed by atoms with van der Waals surface area (Å²) < 4.78 is 0. The minimum absolute atomic E-state index is 0.426. The van der Waals surface area contributed by atoms with E-state index in [1.165, 1.54) is 85.7 Å². The Morgan fingerprint density at radius 3 is 2.52 bits per heavy atom. The van der Waals surface area contributed by atoms with Crippen LogP contribution in [0.5, 0.6) is 0 Å². The lowest BCUT2D eigenvalue weighted by atomic mass is 9.62. The molecule has 7 unspecified atom stereocenters. The maximum absolute atomic E-state index is 2.90. The van der Waals surface area contributed by atoms with E-state index in [1.807, 2.05) is 0 Å². The highest BCUT2D eigenvalue weighted by Gasteiger charge is 2.40. The van der Waals surface area contributed by atoms with E-state index in [1.54, 1.807) is 33.4 Å². The lowest BCUT2D eigenvalue weighted by molar-refractivity contribution is 0.140. The van der Waals surface area contributed by atoms with Gasteiger partial charge in [0.15, 0.2) is 0 Å². The Kier molecular flexibility index (Phi) is 14.4. The largest absolute Gasteiger partial charge is 0.367 e. The minimum Gasteiger partial charge on any atom is -0.367 e. The summed E-state index contributed by atoms with van der Waals surface area (Å²) in [6.45, 7) is 11.9. The molecule has 7 aliphatic carbocycles. The Hall–Kier alpha value is -4.36. The van der Waals surface area contributed by atoms with E-state index in [9.17, 15) is 0 Å². The predicted octanol–water partition coefficient (Wildman–Crippen LogP) is 16.7. The smallest absolute Gasteiger partial charge is 0.0398 e. The number of rotatable bonds is 10. The molecule has 1 saturated carbocycles. The van der Waals surface area contributed by atoms with Crippen LogP contribution in [0.2, 0.25) is 0 Å². The summed E-state index contributed by atoms with van der Waals surface area (Å²) in [6, 6.07) is 7.56. The van der Waals surface area contributed by atoms with Crippen LogP contribution >= 0.6 is 0 Å². The second-order valence-corrected chi connectivity index (χ2v) is 20.6. The van der Waals surface area contributed by atoms with Gasteiger partial charge in [-0.3, -0.25) is 0 Å². The molecule has 63 heavy (non-hydrogen) atoms. The van der Waals surface area contributed by atoms with Crippen molar-refractivity contribution in [1.82, 2.24) is 0 Å². The van der Waals surface area contributed by atoms with Gasteiger partial charge in [0.05, 0.1) is 0 Å². The zero-order valence-corrected chi connectivity index (χ0v) is 39.4. The van der Waals surface area contributed by atoms with Gasteiger partial charge >= 0.3 is 0 Å². The molecule has 0 bridgehead atoms. The highest BCUT2D eigenvalue weighted by atomic mass is 15.1. The number of hydrogen-bond acceptors (Lipinski definition) is 1. The summed E-state index contributed by atoms with van der Waals surface area (Å²) in [6.07, 6.45) is 64.4. The zero-order chi connectivity index (χ0) is 43.1. The highest BCUT2D eigenvalue weighted by molar-refractivity contribution is 5.64. The van der Waals surface area contributed by atoms with Crippen LogP contribution in [0.1, 0.15) is 135 Å². The molecule has 1 aromatic rings. The van der Waals surface area contributed by atoms with E-state index in [0.717, 1.165) is 58.0 Å². The Bertz CT molecular complexity index is 2240. The van der Waals surface area contributed by atoms with Crippen LogP contribution in [0.3, 0.4) is 0 Å². The zero-order valence-electron chi connectivity index (χ0n) is 39.4. The lowest BCUT2D eigenvalue weighted by Gasteiger charge is -2.45. The Morgan fingerprint density at radius 1 is 0.825 bits per heavy atom. The maximum Gasteiger partial charge on any atom is 0.0398 e. The summed E-state index contributed by atoms with van der Waals surface area (Å²) in [5, 5.41) is 0. The number of aryl methyl sites for hydroxylation is 1. The van der Waals surface area contributed by atoms with E-state index in [2.05, 4.69) is 160 Å². The van der Waals surface area contributed by atoms with Crippen LogP contribution in [-0.2, 0) is 6.42 Å². The van der Waals surface area contributed by atoms with Crippen molar-refractivity contribution in [2.75, 3.05) is 18.0 Å². The van der Waals surface area contributed by atoms with Crippen LogP contribution in [-0.4, -0.2) is 13.1 Å². The first-order valence-electron chi connectivity index (χ1n) is 25.8. The van der Waals surface area contributed by atoms with Gasteiger partial charge < -0.3 is 4.90 Å². The predicted molar refractivity (Wildman–Crippen MR) is 272 cm³/mol. The van der Waals surface area contributed by atoms with Crippen molar-refractivity contribution in [3.8, 4) is 0 Å². The number of nitrogens with zero attached hydrogens (tertiary/aromatic N) is 1. The summed E-state index contributed by atoms with van der Waals surface area (Å²) in [5.41, 5.74) is 17.0. The van der Waals surface area contributed by atoms with Crippen molar-refractivity contribution in [3.05, 3.63) is 177 Å². The third kappa shape index (κ3) is 9.99. The van der Waals surface area contributed by atoms with E-state index in [0.29, 0.717) is 47.3 Å². The van der Waals surface area contributed by atoms with Crippen molar-refractivity contribution in [2.24, 2.45) is 47.3 Å². The number of fused-ring (bicyclic) bond motifs is 2. The molecule has 1 heterocycles. The fourth-order valence-corrected chi connectivity index (χ4v) is 12.9. The first kappa shape index (κ1) is 43.9. The van der Waals surface area contributed by atoms with Crippen molar-refractivity contribution in [3.63, 3.8) is 0 Å². The van der Waals surface area contributed by atoms with E-state index < -0.39 is 0 Å². The van der Waals surface area contributed by atoms with Gasteiger partial charge in [-0.25, -0.2) is 0 Å². The fraction of sp³-hybridized carbons (Fsp3) is 0.484. The normalized spacial score (nSPS) is 31.9. The Labute approximate surface area is 383 Å². The molecule has 0 radical (unpaired) electrons. The van der Waals surface area contributed by atoms with Crippen molar-refractivity contribution in [2.45, 2.75) is 130 Å². The molecule has 0 saturated heterocycles. The summed E-state index contributed by atoms with van der Waals surface area (Å²) in [5.74, 6) is 4.34. The molecule has 1 fully saturated rings. The third-order valence-corrected chi connectivity index (χ3v) is 16.7. The lowest BCUT2D eigenvalue weighted by Crippen LogP contribution is -2.41. The Balaban J connectivity index is 1.15. The van der Waals surface area contributed by atoms with Crippen LogP contribution in [0.4, 0.5) is 5.69 Å². The number of allylic oxidation sites excluding steroid dienone is 23. The monoisotopic (exact) mass is 836 g/mol. The molecule has 1 aromatic carbocycles. The average molecular weight is 836 g/mol. The third-order valence-electron chi connectivity index (χ3n) is 16.7. The standard InChI is InChI=1S/C62H77N/c1-5-6-7-10-21-45(3)56-36-37-58(61-31-20-19-29-59(56)61)51-33-32-44(2)46(4)57-28-17-18-30-60(57)62(43-63(42-51)55-35-34-49-26-15-16-27-50(49)41-55)54-39-52(47-22-11-8-12-23-47)38-53(40-54)48-24-13-9-14-25-48/h8,10-13,16,19,21-22,24-25,27,29,32-36,38,40-41,45-47,52,57-58,60,62H,5-7,9,14-15,17-18,20,23,26,28,30-31,37,39,42-43H2,1-4H3/b21-10-,44-32+,51-33+/t45?,46?,47?,52?,57?,58-,60?,62?/m0/s1. The first-order valence-corrected chi connectivity index (χ1v) is 25.8. The minimum atomic E-state index is 0.426. The molecule has 0 amide bonds. The van der Waals surface area contributed by atoms with Gasteiger partial charge in [-0.15, -0.1) is 0 Å². The molecule has 0 N–H and O–H groups in total. The molecule has 330 valence electrons. The van der Waals surface area contributed by atoms with Gasteiger partial charge in [0.25, 0.3) is 0 Å². The quantitative estimate of drug-likeness (QED) is 0.168. The van der Waals surface area contributed by atoms with Gasteiger partial charge in [0.1, 0.15) is 0 Å². The van der Waals surface area contributed by atoms with Gasteiger partial charge in [0.2, 0.25) is 0 Å². The summed E-state index contributed by atoms with van der Waals surface area (Å²) >= 11 is 0. The van der Waals surface area contributed by atoms with Crippen LogP contribution in [0, 0.1) is 47.3 Å². The number of anilines is 1. The molecule has 9 rings (SSSR count). The topological polar surface area (TPSA) is 3.24 Å². The van der Waals surface area contributed by atoms with Gasteiger partial charge in [-0.05, 0) is 171 Å². The number of unbranched alkanes of at least 4 members (excludes halogenated alkanes) is 2.